The molecule has 0 radical (unpaired) electrons. The lowest BCUT2D eigenvalue weighted by Gasteiger charge is -2.21. The van der Waals surface area contributed by atoms with E-state index in [1.165, 1.54) is 11.3 Å². The molecule has 1 atom stereocenters. The number of carbonyl (C=O) groups excluding carboxylic acids is 1. The Kier molecular flexibility index (Phi) is 4.02. The molecule has 1 aliphatic heterocycles. The van der Waals surface area contributed by atoms with Gasteiger partial charge in [0.15, 0.2) is 5.78 Å². The molecule has 1 aliphatic rings. The van der Waals surface area contributed by atoms with E-state index in [0.717, 1.165) is 25.2 Å². The summed E-state index contributed by atoms with van der Waals surface area (Å²) in [6.07, 6.45) is 2.35. The zero-order valence-electron chi connectivity index (χ0n) is 9.44. The van der Waals surface area contributed by atoms with Gasteiger partial charge >= 0.3 is 0 Å². The smallest absolute Gasteiger partial charge is 0.159 e. The summed E-state index contributed by atoms with van der Waals surface area (Å²) in [5.74, 6) is 0.127. The molecule has 1 aromatic carbocycles. The highest BCUT2D eigenvalue weighted by Crippen LogP contribution is 2.29. The number of thioether (sulfide) groups is 1. The van der Waals surface area contributed by atoms with E-state index in [4.69, 9.17) is 4.74 Å². The van der Waals surface area contributed by atoms with E-state index in [2.05, 4.69) is 6.07 Å². The highest BCUT2D eigenvalue weighted by atomic mass is 32.2. The lowest BCUT2D eigenvalue weighted by atomic mass is 10.2. The van der Waals surface area contributed by atoms with Gasteiger partial charge in [0.2, 0.25) is 0 Å². The van der Waals surface area contributed by atoms with Gasteiger partial charge in [0, 0.05) is 22.3 Å². The molecular weight excluding hydrogens is 220 g/mol. The highest BCUT2D eigenvalue weighted by Gasteiger charge is 2.15. The molecule has 1 fully saturated rings. The van der Waals surface area contributed by atoms with Crippen molar-refractivity contribution in [1.29, 1.82) is 0 Å². The number of ether oxygens (including phenoxy) is 1. The highest BCUT2D eigenvalue weighted by molar-refractivity contribution is 8.00. The molecule has 1 aromatic rings. The maximum atomic E-state index is 11.3. The largest absolute Gasteiger partial charge is 0.380 e. The molecule has 86 valence electrons. The molecule has 0 N–H and O–H groups in total. The van der Waals surface area contributed by atoms with Gasteiger partial charge in [0.1, 0.15) is 0 Å². The number of benzene rings is 1. The van der Waals surface area contributed by atoms with Gasteiger partial charge in [-0.2, -0.15) is 0 Å². The number of rotatable bonds is 3. The van der Waals surface area contributed by atoms with Crippen molar-refractivity contribution in [1.82, 2.24) is 0 Å². The van der Waals surface area contributed by atoms with Crippen molar-refractivity contribution in [2.75, 3.05) is 13.2 Å². The van der Waals surface area contributed by atoms with Crippen LogP contribution in [0.4, 0.5) is 0 Å². The van der Waals surface area contributed by atoms with E-state index in [1.54, 1.807) is 6.92 Å². The fourth-order valence-corrected chi connectivity index (χ4v) is 2.97. The molecule has 2 rings (SSSR count). The summed E-state index contributed by atoms with van der Waals surface area (Å²) in [5.41, 5.74) is 0.793. The SMILES string of the molecule is CC(=O)c1cccc(SC2CCCOC2)c1. The molecule has 0 aromatic heterocycles. The molecule has 16 heavy (non-hydrogen) atoms. The third-order valence-corrected chi connectivity index (χ3v) is 3.89. The Morgan fingerprint density at radius 2 is 2.38 bits per heavy atom. The van der Waals surface area contributed by atoms with Crippen LogP contribution in [-0.2, 0) is 4.74 Å². The van der Waals surface area contributed by atoms with Crippen LogP contribution in [0.5, 0.6) is 0 Å². The quantitative estimate of drug-likeness (QED) is 0.754. The summed E-state index contributed by atoms with van der Waals surface area (Å²) in [4.78, 5) is 12.4. The first-order valence-electron chi connectivity index (χ1n) is 5.61. The minimum Gasteiger partial charge on any atom is -0.380 e. The predicted molar refractivity (Wildman–Crippen MR) is 66.1 cm³/mol. The first-order chi connectivity index (χ1) is 7.75. The van der Waals surface area contributed by atoms with Crippen molar-refractivity contribution >= 4 is 17.5 Å². The molecule has 2 nitrogen and oxygen atoms in total. The average Bonchev–Trinajstić information content (AvgIpc) is 2.30. The average molecular weight is 236 g/mol. The Bertz CT molecular complexity index is 370. The number of hydrogen-bond acceptors (Lipinski definition) is 3. The van der Waals surface area contributed by atoms with Crippen molar-refractivity contribution in [3.63, 3.8) is 0 Å². The number of carbonyl (C=O) groups is 1. The van der Waals surface area contributed by atoms with Crippen LogP contribution in [0.15, 0.2) is 29.2 Å². The molecule has 0 aliphatic carbocycles. The van der Waals surface area contributed by atoms with Crippen LogP contribution in [-0.4, -0.2) is 24.2 Å². The Hall–Kier alpha value is -0.800. The Labute approximate surface area is 100 Å². The van der Waals surface area contributed by atoms with E-state index >= 15 is 0 Å². The first kappa shape index (κ1) is 11.7. The van der Waals surface area contributed by atoms with Crippen LogP contribution in [0.25, 0.3) is 0 Å². The molecule has 1 heterocycles. The van der Waals surface area contributed by atoms with Crippen LogP contribution in [0.1, 0.15) is 30.1 Å². The van der Waals surface area contributed by atoms with Gasteiger partial charge < -0.3 is 4.74 Å². The van der Waals surface area contributed by atoms with E-state index in [1.807, 2.05) is 30.0 Å². The van der Waals surface area contributed by atoms with Gasteiger partial charge in [-0.1, -0.05) is 12.1 Å². The van der Waals surface area contributed by atoms with Crippen LogP contribution in [0.3, 0.4) is 0 Å². The molecule has 3 heteroatoms. The van der Waals surface area contributed by atoms with Gasteiger partial charge in [-0.05, 0) is 31.9 Å². The van der Waals surface area contributed by atoms with Gasteiger partial charge in [-0.15, -0.1) is 11.8 Å². The van der Waals surface area contributed by atoms with Gasteiger partial charge in [0.25, 0.3) is 0 Å². The van der Waals surface area contributed by atoms with E-state index in [9.17, 15) is 4.79 Å². The monoisotopic (exact) mass is 236 g/mol. The normalized spacial score (nSPS) is 20.7. The van der Waals surface area contributed by atoms with Gasteiger partial charge in [-0.3, -0.25) is 4.79 Å². The third-order valence-electron chi connectivity index (χ3n) is 2.66. The minimum absolute atomic E-state index is 0.127. The molecule has 1 unspecified atom stereocenters. The summed E-state index contributed by atoms with van der Waals surface area (Å²) < 4.78 is 5.44. The Balaban J connectivity index is 2.02. The van der Waals surface area contributed by atoms with Crippen LogP contribution in [0.2, 0.25) is 0 Å². The van der Waals surface area contributed by atoms with Crippen molar-refractivity contribution in [3.8, 4) is 0 Å². The lowest BCUT2D eigenvalue weighted by Crippen LogP contribution is -2.19. The zero-order valence-corrected chi connectivity index (χ0v) is 10.3. The van der Waals surface area contributed by atoms with Gasteiger partial charge in [0.05, 0.1) is 6.61 Å². The molecule has 0 spiro atoms. The van der Waals surface area contributed by atoms with Gasteiger partial charge in [-0.25, -0.2) is 0 Å². The topological polar surface area (TPSA) is 26.3 Å². The second kappa shape index (κ2) is 5.51. The maximum Gasteiger partial charge on any atom is 0.159 e. The fourth-order valence-electron chi connectivity index (χ4n) is 1.78. The van der Waals surface area contributed by atoms with E-state index in [-0.39, 0.29) is 5.78 Å². The second-order valence-electron chi connectivity index (χ2n) is 4.04. The summed E-state index contributed by atoms with van der Waals surface area (Å²) >= 11 is 1.82. The van der Waals surface area contributed by atoms with E-state index < -0.39 is 0 Å². The number of Topliss-reactive ketones (excluding diaryl/α,β-unsaturated/α-hetero) is 1. The molecular formula is C13H16O2S. The maximum absolute atomic E-state index is 11.3. The Morgan fingerprint density at radius 1 is 1.50 bits per heavy atom. The summed E-state index contributed by atoms with van der Waals surface area (Å²) in [5, 5.41) is 0.538. The molecule has 0 saturated carbocycles. The van der Waals surface area contributed by atoms with Crippen LogP contribution in [0, 0.1) is 0 Å². The Morgan fingerprint density at radius 3 is 3.06 bits per heavy atom. The van der Waals surface area contributed by atoms with Crippen molar-refractivity contribution in [3.05, 3.63) is 29.8 Å². The number of ketones is 1. The molecule has 0 amide bonds. The van der Waals surface area contributed by atoms with E-state index in [0.29, 0.717) is 5.25 Å². The number of hydrogen-bond donors (Lipinski definition) is 0. The summed E-state index contributed by atoms with van der Waals surface area (Å²) in [6.45, 7) is 3.33. The van der Waals surface area contributed by atoms with Crippen molar-refractivity contribution < 1.29 is 9.53 Å². The first-order valence-corrected chi connectivity index (χ1v) is 6.49. The zero-order chi connectivity index (χ0) is 11.4. The van der Waals surface area contributed by atoms with Crippen LogP contribution >= 0.6 is 11.8 Å². The van der Waals surface area contributed by atoms with Crippen molar-refractivity contribution in [2.45, 2.75) is 29.9 Å². The van der Waals surface area contributed by atoms with Crippen LogP contribution < -0.4 is 0 Å². The standard InChI is InChI=1S/C13H16O2S/c1-10(14)11-4-2-5-12(8-11)16-13-6-3-7-15-9-13/h2,4-5,8,13H,3,6-7,9H2,1H3. The van der Waals surface area contributed by atoms with Crippen molar-refractivity contribution in [2.24, 2.45) is 0 Å². The molecule has 1 saturated heterocycles. The predicted octanol–water partition coefficient (Wildman–Crippen LogP) is 3.16. The third kappa shape index (κ3) is 3.09. The molecule has 0 bridgehead atoms. The fraction of sp³-hybridized carbons (Fsp3) is 0.462. The lowest BCUT2D eigenvalue weighted by molar-refractivity contribution is 0.101. The minimum atomic E-state index is 0.127. The second-order valence-corrected chi connectivity index (χ2v) is 5.41. The summed E-state index contributed by atoms with van der Waals surface area (Å²) in [7, 11) is 0. The summed E-state index contributed by atoms with van der Waals surface area (Å²) in [6, 6.07) is 7.85.